The molecular weight excluding hydrogens is 488 g/mol. The highest BCUT2D eigenvalue weighted by molar-refractivity contribution is 5.99. The standard InChI is InChI=1S/C38H42O2/c1-3-9-28-11-8-12-29(24-28)16-23-37(39)33-21-22-36(34(25-33)26-38(40)32-13-5-6-14-32)31-19-17-30(18-20-31)35-15-7-4-10-27(35)2/h4-8,10-13,15,21-22,24-25,30-31H,3,9,14,16-20,23,26H2,1-2H3. The van der Waals surface area contributed by atoms with Crippen molar-refractivity contribution in [2.24, 2.45) is 0 Å². The molecular formula is C38H42O2. The van der Waals surface area contributed by atoms with Crippen LogP contribution < -0.4 is 0 Å². The van der Waals surface area contributed by atoms with Gasteiger partial charge in [0, 0.05) is 18.4 Å². The van der Waals surface area contributed by atoms with E-state index in [1.54, 1.807) is 0 Å². The number of hydrogen-bond acceptors (Lipinski definition) is 2. The van der Waals surface area contributed by atoms with Crippen LogP contribution in [-0.2, 0) is 24.1 Å². The largest absolute Gasteiger partial charge is 0.294 e. The molecule has 3 aromatic rings. The summed E-state index contributed by atoms with van der Waals surface area (Å²) in [7, 11) is 0. The molecule has 0 bridgehead atoms. The molecule has 0 amide bonds. The molecule has 206 valence electrons. The van der Waals surface area contributed by atoms with E-state index in [0.29, 0.717) is 31.1 Å². The maximum absolute atomic E-state index is 13.3. The Bertz CT molecular complexity index is 1410. The van der Waals surface area contributed by atoms with Crippen LogP contribution in [0.3, 0.4) is 0 Å². The number of allylic oxidation sites excluding steroid dienone is 4. The van der Waals surface area contributed by atoms with E-state index in [2.05, 4.69) is 68.4 Å². The zero-order valence-electron chi connectivity index (χ0n) is 24.1. The molecule has 0 heterocycles. The van der Waals surface area contributed by atoms with Gasteiger partial charge in [-0.05, 0) is 109 Å². The van der Waals surface area contributed by atoms with Crippen LogP contribution in [0.1, 0.15) is 107 Å². The van der Waals surface area contributed by atoms with E-state index in [-0.39, 0.29) is 11.6 Å². The lowest BCUT2D eigenvalue weighted by Crippen LogP contribution is -2.16. The Morgan fingerprint density at radius 2 is 1.50 bits per heavy atom. The minimum absolute atomic E-state index is 0.158. The number of carbonyl (C=O) groups excluding carboxylic acids is 2. The van der Waals surface area contributed by atoms with Crippen molar-refractivity contribution in [2.45, 2.75) is 89.9 Å². The van der Waals surface area contributed by atoms with Crippen LogP contribution in [0.2, 0.25) is 0 Å². The lowest BCUT2D eigenvalue weighted by molar-refractivity contribution is -0.115. The lowest BCUT2D eigenvalue weighted by Gasteiger charge is -2.31. The van der Waals surface area contributed by atoms with E-state index in [1.807, 2.05) is 30.4 Å². The first-order valence-electron chi connectivity index (χ1n) is 15.2. The summed E-state index contributed by atoms with van der Waals surface area (Å²) in [6, 6.07) is 23.6. The molecule has 0 radical (unpaired) electrons. The average molecular weight is 531 g/mol. The van der Waals surface area contributed by atoms with Crippen LogP contribution >= 0.6 is 0 Å². The number of benzene rings is 3. The zero-order valence-corrected chi connectivity index (χ0v) is 24.1. The van der Waals surface area contributed by atoms with Crippen LogP contribution in [-0.4, -0.2) is 11.6 Å². The van der Waals surface area contributed by atoms with E-state index in [0.717, 1.165) is 61.6 Å². The average Bonchev–Trinajstić information content (AvgIpc) is 3.52. The SMILES string of the molecule is CCCc1cccc(CCC(=O)c2ccc(C3CCC(c4ccccc4C)CC3)c(CC(=O)C3=CC=CC3)c2)c1. The van der Waals surface area contributed by atoms with Crippen LogP contribution in [0.5, 0.6) is 0 Å². The highest BCUT2D eigenvalue weighted by Gasteiger charge is 2.27. The molecule has 0 saturated heterocycles. The van der Waals surface area contributed by atoms with Crippen molar-refractivity contribution in [1.29, 1.82) is 0 Å². The number of carbonyl (C=O) groups is 2. The summed E-state index contributed by atoms with van der Waals surface area (Å²) in [5, 5.41) is 0. The molecule has 2 aliphatic carbocycles. The van der Waals surface area contributed by atoms with Gasteiger partial charge in [-0.15, -0.1) is 0 Å². The molecule has 2 nitrogen and oxygen atoms in total. The van der Waals surface area contributed by atoms with Gasteiger partial charge in [0.25, 0.3) is 0 Å². The molecule has 1 saturated carbocycles. The third-order valence-electron chi connectivity index (χ3n) is 8.91. The highest BCUT2D eigenvalue weighted by Crippen LogP contribution is 2.42. The predicted molar refractivity (Wildman–Crippen MR) is 165 cm³/mol. The van der Waals surface area contributed by atoms with Crippen LogP contribution in [0.25, 0.3) is 0 Å². The van der Waals surface area contributed by atoms with Gasteiger partial charge in [-0.25, -0.2) is 0 Å². The summed E-state index contributed by atoms with van der Waals surface area (Å²) in [5.41, 5.74) is 9.36. The second-order valence-electron chi connectivity index (χ2n) is 11.7. The summed E-state index contributed by atoms with van der Waals surface area (Å²) in [5.74, 6) is 1.38. The minimum atomic E-state index is 0.158. The van der Waals surface area contributed by atoms with Gasteiger partial charge in [0.2, 0.25) is 0 Å². The second-order valence-corrected chi connectivity index (χ2v) is 11.7. The smallest absolute Gasteiger partial charge is 0.163 e. The normalized spacial score (nSPS) is 18.5. The van der Waals surface area contributed by atoms with Crippen LogP contribution in [0.15, 0.2) is 90.5 Å². The van der Waals surface area contributed by atoms with Crippen LogP contribution in [0, 0.1) is 6.92 Å². The summed E-state index contributed by atoms with van der Waals surface area (Å²) in [4.78, 5) is 26.5. The zero-order chi connectivity index (χ0) is 27.9. The minimum Gasteiger partial charge on any atom is -0.294 e. The van der Waals surface area contributed by atoms with E-state index >= 15 is 0 Å². The van der Waals surface area contributed by atoms with Crippen molar-refractivity contribution >= 4 is 11.6 Å². The number of hydrogen-bond donors (Lipinski definition) is 0. The van der Waals surface area contributed by atoms with Gasteiger partial charge in [0.1, 0.15) is 0 Å². The third-order valence-corrected chi connectivity index (χ3v) is 8.91. The molecule has 40 heavy (non-hydrogen) atoms. The first-order valence-corrected chi connectivity index (χ1v) is 15.2. The lowest BCUT2D eigenvalue weighted by atomic mass is 9.74. The van der Waals surface area contributed by atoms with Crippen molar-refractivity contribution in [3.63, 3.8) is 0 Å². The molecule has 2 aliphatic rings. The molecule has 1 fully saturated rings. The fraction of sp³-hybridized carbons (Fsp3) is 0.368. The second kappa shape index (κ2) is 13.2. The summed E-state index contributed by atoms with van der Waals surface area (Å²) in [6.45, 7) is 4.41. The summed E-state index contributed by atoms with van der Waals surface area (Å²) < 4.78 is 0. The van der Waals surface area contributed by atoms with Gasteiger partial charge in [0.15, 0.2) is 11.6 Å². The van der Waals surface area contributed by atoms with Gasteiger partial charge in [0.05, 0.1) is 0 Å². The number of ketones is 2. The topological polar surface area (TPSA) is 34.1 Å². The molecule has 0 N–H and O–H groups in total. The van der Waals surface area contributed by atoms with Gasteiger partial charge >= 0.3 is 0 Å². The van der Waals surface area contributed by atoms with Crippen molar-refractivity contribution in [1.82, 2.24) is 0 Å². The van der Waals surface area contributed by atoms with Crippen molar-refractivity contribution in [3.8, 4) is 0 Å². The van der Waals surface area contributed by atoms with E-state index in [4.69, 9.17) is 0 Å². The molecule has 0 aromatic heterocycles. The molecule has 0 atom stereocenters. The fourth-order valence-corrected chi connectivity index (χ4v) is 6.66. The van der Waals surface area contributed by atoms with Gasteiger partial charge in [-0.2, -0.15) is 0 Å². The summed E-state index contributed by atoms with van der Waals surface area (Å²) >= 11 is 0. The molecule has 0 spiro atoms. The number of Topliss-reactive ketones (excluding diaryl/α,β-unsaturated/α-hetero) is 2. The van der Waals surface area contributed by atoms with Crippen LogP contribution in [0.4, 0.5) is 0 Å². The maximum atomic E-state index is 13.3. The fourth-order valence-electron chi connectivity index (χ4n) is 6.66. The Hall–Kier alpha value is -3.52. The molecule has 2 heteroatoms. The van der Waals surface area contributed by atoms with E-state index in [1.165, 1.54) is 27.8 Å². The Kier molecular flexibility index (Phi) is 9.26. The Morgan fingerprint density at radius 3 is 2.20 bits per heavy atom. The summed E-state index contributed by atoms with van der Waals surface area (Å²) in [6.07, 6.45) is 15.0. The first kappa shape index (κ1) is 28.0. The van der Waals surface area contributed by atoms with E-state index < -0.39 is 0 Å². The Balaban J connectivity index is 1.32. The van der Waals surface area contributed by atoms with Gasteiger partial charge in [-0.1, -0.05) is 92.2 Å². The van der Waals surface area contributed by atoms with Gasteiger partial charge < -0.3 is 0 Å². The van der Waals surface area contributed by atoms with Gasteiger partial charge in [-0.3, -0.25) is 9.59 Å². The number of rotatable bonds is 11. The number of aryl methyl sites for hydroxylation is 3. The third kappa shape index (κ3) is 6.78. The predicted octanol–water partition coefficient (Wildman–Crippen LogP) is 9.20. The quantitative estimate of drug-likeness (QED) is 0.232. The first-order chi connectivity index (χ1) is 19.5. The monoisotopic (exact) mass is 530 g/mol. The van der Waals surface area contributed by atoms with Crippen molar-refractivity contribution in [3.05, 3.63) is 129 Å². The van der Waals surface area contributed by atoms with Crippen molar-refractivity contribution in [2.75, 3.05) is 0 Å². The molecule has 5 rings (SSSR count). The molecule has 3 aromatic carbocycles. The Morgan fingerprint density at radius 1 is 0.775 bits per heavy atom. The van der Waals surface area contributed by atoms with Crippen molar-refractivity contribution < 1.29 is 9.59 Å². The maximum Gasteiger partial charge on any atom is 0.163 e. The molecule has 0 unspecified atom stereocenters. The Labute approximate surface area is 240 Å². The molecule has 0 aliphatic heterocycles. The van der Waals surface area contributed by atoms with E-state index in [9.17, 15) is 9.59 Å². The highest BCUT2D eigenvalue weighted by atomic mass is 16.1.